The van der Waals surface area contributed by atoms with Crippen molar-refractivity contribution in [2.75, 3.05) is 4.90 Å². The van der Waals surface area contributed by atoms with Crippen molar-refractivity contribution in [3.63, 3.8) is 0 Å². The summed E-state index contributed by atoms with van der Waals surface area (Å²) in [6, 6.07) is 15.4. The van der Waals surface area contributed by atoms with E-state index in [1.54, 1.807) is 30.3 Å². The third-order valence-electron chi connectivity index (χ3n) is 4.86. The van der Waals surface area contributed by atoms with Crippen molar-refractivity contribution in [2.24, 2.45) is 0 Å². The molecule has 4 rings (SSSR count). The van der Waals surface area contributed by atoms with E-state index < -0.39 is 17.8 Å². The van der Waals surface area contributed by atoms with Crippen molar-refractivity contribution in [3.05, 3.63) is 97.5 Å². The molecule has 3 aromatic carbocycles. The van der Waals surface area contributed by atoms with Crippen LogP contribution in [0.25, 0.3) is 6.08 Å². The van der Waals surface area contributed by atoms with Gasteiger partial charge >= 0.3 is 6.03 Å². The van der Waals surface area contributed by atoms with Crippen LogP contribution >= 0.6 is 46.4 Å². The standard InChI is InChI=1S/C24H14Cl4N2O4/c25-15-9-14(21(19(28)11-15)34-12-13-5-1-2-6-17(13)26)10-16-22(31)29-24(33)30(23(16)32)20-8-4-3-7-18(20)27/h1-11H,12H2,(H,29,31,33)/b16-10+. The van der Waals surface area contributed by atoms with Crippen LogP contribution in [0.15, 0.2) is 66.2 Å². The lowest BCUT2D eigenvalue weighted by atomic mass is 10.1. The highest BCUT2D eigenvalue weighted by Crippen LogP contribution is 2.36. The fraction of sp³-hybridized carbons (Fsp3) is 0.0417. The monoisotopic (exact) mass is 534 g/mol. The predicted molar refractivity (Wildman–Crippen MR) is 133 cm³/mol. The van der Waals surface area contributed by atoms with E-state index in [4.69, 9.17) is 51.1 Å². The van der Waals surface area contributed by atoms with Crippen molar-refractivity contribution in [2.45, 2.75) is 6.61 Å². The smallest absolute Gasteiger partial charge is 0.335 e. The summed E-state index contributed by atoms with van der Waals surface area (Å²) in [5, 5.41) is 3.23. The Morgan fingerprint density at radius 1 is 0.853 bits per heavy atom. The van der Waals surface area contributed by atoms with Crippen molar-refractivity contribution in [3.8, 4) is 5.75 Å². The van der Waals surface area contributed by atoms with E-state index in [2.05, 4.69) is 5.32 Å². The lowest BCUT2D eigenvalue weighted by Gasteiger charge is -2.27. The summed E-state index contributed by atoms with van der Waals surface area (Å²) in [5.41, 5.74) is 0.761. The first-order valence-corrected chi connectivity index (χ1v) is 11.3. The number of nitrogens with zero attached hydrogens (tertiary/aromatic N) is 1. The van der Waals surface area contributed by atoms with Gasteiger partial charge in [0.05, 0.1) is 15.7 Å². The normalized spacial score (nSPS) is 15.0. The summed E-state index contributed by atoms with van der Waals surface area (Å²) in [7, 11) is 0. The maximum Gasteiger partial charge on any atom is 0.335 e. The number of rotatable bonds is 5. The summed E-state index contributed by atoms with van der Waals surface area (Å²) in [6.07, 6.45) is 1.26. The average molecular weight is 536 g/mol. The highest BCUT2D eigenvalue weighted by Gasteiger charge is 2.37. The molecule has 0 bridgehead atoms. The zero-order valence-electron chi connectivity index (χ0n) is 17.2. The molecule has 0 radical (unpaired) electrons. The van der Waals surface area contributed by atoms with Gasteiger partial charge in [0.1, 0.15) is 17.9 Å². The number of imide groups is 2. The van der Waals surface area contributed by atoms with E-state index in [9.17, 15) is 14.4 Å². The van der Waals surface area contributed by atoms with Crippen LogP contribution in [-0.2, 0) is 16.2 Å². The highest BCUT2D eigenvalue weighted by atomic mass is 35.5. The van der Waals surface area contributed by atoms with Gasteiger partial charge in [0.2, 0.25) is 0 Å². The Hall–Kier alpha value is -3.03. The number of barbiturate groups is 1. The summed E-state index contributed by atoms with van der Waals surface area (Å²) in [4.78, 5) is 39.0. The van der Waals surface area contributed by atoms with E-state index >= 15 is 0 Å². The molecule has 1 heterocycles. The van der Waals surface area contributed by atoms with Gasteiger partial charge in [0, 0.05) is 21.2 Å². The molecule has 0 aromatic heterocycles. The Morgan fingerprint density at radius 3 is 2.24 bits per heavy atom. The maximum absolute atomic E-state index is 13.2. The van der Waals surface area contributed by atoms with Crippen molar-refractivity contribution < 1.29 is 19.1 Å². The molecule has 1 aliphatic heterocycles. The molecule has 1 fully saturated rings. The maximum atomic E-state index is 13.2. The van der Waals surface area contributed by atoms with Gasteiger partial charge in [-0.05, 0) is 36.4 Å². The van der Waals surface area contributed by atoms with Gasteiger partial charge in [-0.3, -0.25) is 14.9 Å². The first-order valence-electron chi connectivity index (χ1n) is 9.77. The van der Waals surface area contributed by atoms with E-state index in [1.165, 1.54) is 30.3 Å². The molecule has 1 N–H and O–H groups in total. The Labute approximate surface area is 214 Å². The predicted octanol–water partition coefficient (Wildman–Crippen LogP) is 6.55. The largest absolute Gasteiger partial charge is 0.487 e. The third kappa shape index (κ3) is 4.91. The number of carbonyl (C=O) groups is 3. The molecule has 4 amide bonds. The minimum absolute atomic E-state index is 0.0710. The van der Waals surface area contributed by atoms with Crippen molar-refractivity contribution in [1.82, 2.24) is 5.32 Å². The molecular formula is C24H14Cl4N2O4. The number of hydrogen-bond donors (Lipinski definition) is 1. The van der Waals surface area contributed by atoms with Crippen LogP contribution in [0.4, 0.5) is 10.5 Å². The third-order valence-corrected chi connectivity index (χ3v) is 6.05. The van der Waals surface area contributed by atoms with Gasteiger partial charge < -0.3 is 4.74 Å². The minimum Gasteiger partial charge on any atom is -0.487 e. The molecule has 0 atom stereocenters. The molecule has 0 unspecified atom stereocenters. The van der Waals surface area contributed by atoms with E-state index in [0.717, 1.165) is 4.90 Å². The minimum atomic E-state index is -0.917. The number of ether oxygens (including phenoxy) is 1. The molecule has 10 heteroatoms. The first-order chi connectivity index (χ1) is 16.3. The van der Waals surface area contributed by atoms with Crippen LogP contribution in [0, 0.1) is 0 Å². The molecule has 3 aromatic rings. The number of amides is 4. The number of nitrogens with one attached hydrogen (secondary N) is 1. The Bertz CT molecular complexity index is 1360. The topological polar surface area (TPSA) is 75.7 Å². The average Bonchev–Trinajstić information content (AvgIpc) is 2.78. The van der Waals surface area contributed by atoms with E-state index in [-0.39, 0.29) is 44.2 Å². The molecule has 34 heavy (non-hydrogen) atoms. The summed E-state index contributed by atoms with van der Waals surface area (Å²) < 4.78 is 5.89. The first kappa shape index (κ1) is 24.1. The van der Waals surface area contributed by atoms with Crippen LogP contribution < -0.4 is 15.0 Å². The molecule has 1 saturated heterocycles. The van der Waals surface area contributed by atoms with Gasteiger partial charge in [0.15, 0.2) is 0 Å². The van der Waals surface area contributed by atoms with Gasteiger partial charge in [0.25, 0.3) is 11.8 Å². The number of carbonyl (C=O) groups excluding carboxylic acids is 3. The second-order valence-corrected chi connectivity index (χ2v) is 8.75. The number of halogens is 4. The fourth-order valence-corrected chi connectivity index (χ4v) is 4.24. The quantitative estimate of drug-likeness (QED) is 0.297. The molecule has 0 saturated carbocycles. The van der Waals surface area contributed by atoms with E-state index in [1.807, 2.05) is 6.07 Å². The fourth-order valence-electron chi connectivity index (χ4n) is 3.27. The Morgan fingerprint density at radius 2 is 1.53 bits per heavy atom. The number of benzene rings is 3. The molecule has 172 valence electrons. The van der Waals surface area contributed by atoms with Crippen LogP contribution in [0.5, 0.6) is 5.75 Å². The lowest BCUT2D eigenvalue weighted by Crippen LogP contribution is -2.54. The molecule has 0 aliphatic carbocycles. The Kier molecular flexibility index (Phi) is 7.14. The van der Waals surface area contributed by atoms with Crippen molar-refractivity contribution in [1.29, 1.82) is 0 Å². The van der Waals surface area contributed by atoms with Crippen LogP contribution in [0.2, 0.25) is 20.1 Å². The molecule has 1 aliphatic rings. The van der Waals surface area contributed by atoms with Gasteiger partial charge in [-0.1, -0.05) is 76.7 Å². The number of anilines is 1. The van der Waals surface area contributed by atoms with Crippen LogP contribution in [-0.4, -0.2) is 17.8 Å². The zero-order valence-corrected chi connectivity index (χ0v) is 20.2. The SMILES string of the molecule is O=C1NC(=O)N(c2ccccc2Cl)C(=O)/C1=C/c1cc(Cl)cc(Cl)c1OCc1ccccc1Cl. The second kappa shape index (κ2) is 10.1. The van der Waals surface area contributed by atoms with Crippen LogP contribution in [0.3, 0.4) is 0 Å². The highest BCUT2D eigenvalue weighted by molar-refractivity contribution is 6.42. The number of para-hydroxylation sites is 1. The van der Waals surface area contributed by atoms with E-state index in [0.29, 0.717) is 10.6 Å². The summed E-state index contributed by atoms with van der Waals surface area (Å²) in [5.74, 6) is -1.57. The van der Waals surface area contributed by atoms with Gasteiger partial charge in [-0.25, -0.2) is 9.69 Å². The zero-order chi connectivity index (χ0) is 24.4. The Balaban J connectivity index is 1.74. The van der Waals surface area contributed by atoms with Crippen LogP contribution in [0.1, 0.15) is 11.1 Å². The molecular weight excluding hydrogens is 522 g/mol. The summed E-state index contributed by atoms with van der Waals surface area (Å²) >= 11 is 24.9. The number of urea groups is 1. The van der Waals surface area contributed by atoms with Crippen molar-refractivity contribution >= 4 is 76.0 Å². The molecule has 0 spiro atoms. The van der Waals surface area contributed by atoms with Gasteiger partial charge in [-0.2, -0.15) is 0 Å². The summed E-state index contributed by atoms with van der Waals surface area (Å²) in [6.45, 7) is 0.0710. The number of hydrogen-bond acceptors (Lipinski definition) is 4. The lowest BCUT2D eigenvalue weighted by molar-refractivity contribution is -0.122. The van der Waals surface area contributed by atoms with Gasteiger partial charge in [-0.15, -0.1) is 0 Å². The molecule has 6 nitrogen and oxygen atoms in total. The second-order valence-electron chi connectivity index (χ2n) is 7.10.